The van der Waals surface area contributed by atoms with Crippen molar-refractivity contribution in [2.45, 2.75) is 23.8 Å². The van der Waals surface area contributed by atoms with Crippen LogP contribution in [0.3, 0.4) is 0 Å². The molecule has 2 N–H and O–H groups in total. The number of rotatable bonds is 9. The number of carbonyl (C=O) groups is 2. The molecule has 9 heteroatoms. The van der Waals surface area contributed by atoms with E-state index < -0.39 is 22.5 Å². The molecule has 1 heterocycles. The van der Waals surface area contributed by atoms with Crippen LogP contribution in [0.1, 0.15) is 23.2 Å². The second-order valence-electron chi connectivity index (χ2n) is 8.10. The molecular formula is C26H27N3O5S. The predicted octanol–water partition coefficient (Wildman–Crippen LogP) is 3.43. The minimum atomic E-state index is -4.01. The number of ether oxygens (including phenoxy) is 1. The Morgan fingerprint density at radius 2 is 1.57 bits per heavy atom. The van der Waals surface area contributed by atoms with Crippen LogP contribution in [0.2, 0.25) is 0 Å². The lowest BCUT2D eigenvalue weighted by molar-refractivity contribution is -0.114. The minimum absolute atomic E-state index is 0.0108. The molecule has 1 atom stereocenters. The minimum Gasteiger partial charge on any atom is -0.376 e. The normalized spacial score (nSPS) is 15.4. The number of benzene rings is 3. The number of carbonyl (C=O) groups excluding carboxylic acids is 2. The molecule has 0 saturated carbocycles. The Morgan fingerprint density at radius 3 is 2.26 bits per heavy atom. The molecule has 3 aromatic carbocycles. The van der Waals surface area contributed by atoms with E-state index in [1.807, 2.05) is 0 Å². The molecule has 4 rings (SSSR count). The lowest BCUT2D eigenvalue weighted by atomic mass is 10.1. The van der Waals surface area contributed by atoms with E-state index in [0.29, 0.717) is 24.5 Å². The Kier molecular flexibility index (Phi) is 7.79. The fourth-order valence-corrected chi connectivity index (χ4v) is 5.29. The van der Waals surface area contributed by atoms with Gasteiger partial charge in [-0.1, -0.05) is 48.5 Å². The third-order valence-electron chi connectivity index (χ3n) is 5.62. The van der Waals surface area contributed by atoms with Crippen LogP contribution in [0.4, 0.5) is 11.4 Å². The molecule has 0 spiro atoms. The third kappa shape index (κ3) is 6.06. The summed E-state index contributed by atoms with van der Waals surface area (Å²) in [5.41, 5.74) is 0.942. The highest BCUT2D eigenvalue weighted by Gasteiger charge is 2.27. The van der Waals surface area contributed by atoms with Crippen molar-refractivity contribution in [1.82, 2.24) is 5.32 Å². The molecule has 3 aromatic rings. The van der Waals surface area contributed by atoms with Gasteiger partial charge in [0, 0.05) is 13.2 Å². The number of para-hydroxylation sites is 2. The Morgan fingerprint density at radius 1 is 0.914 bits per heavy atom. The van der Waals surface area contributed by atoms with Gasteiger partial charge in [-0.3, -0.25) is 13.9 Å². The van der Waals surface area contributed by atoms with Gasteiger partial charge in [0.1, 0.15) is 6.54 Å². The van der Waals surface area contributed by atoms with Crippen LogP contribution in [-0.2, 0) is 19.6 Å². The maximum absolute atomic E-state index is 13.4. The number of hydrogen-bond acceptors (Lipinski definition) is 5. The van der Waals surface area contributed by atoms with Gasteiger partial charge in [-0.15, -0.1) is 0 Å². The van der Waals surface area contributed by atoms with Crippen molar-refractivity contribution in [1.29, 1.82) is 0 Å². The molecule has 2 amide bonds. The molecular weight excluding hydrogens is 466 g/mol. The SMILES string of the molecule is O=C(CN(c1ccccc1)S(=O)(=O)c1ccccc1)Nc1ccccc1C(=O)NC[C@@H]1CCCO1. The highest BCUT2D eigenvalue weighted by molar-refractivity contribution is 7.92. The van der Waals surface area contributed by atoms with E-state index in [1.165, 1.54) is 12.1 Å². The summed E-state index contributed by atoms with van der Waals surface area (Å²) in [6.45, 7) is 0.613. The molecule has 8 nitrogen and oxygen atoms in total. The van der Waals surface area contributed by atoms with E-state index in [2.05, 4.69) is 10.6 Å². The largest absolute Gasteiger partial charge is 0.376 e. The molecule has 35 heavy (non-hydrogen) atoms. The van der Waals surface area contributed by atoms with Gasteiger partial charge >= 0.3 is 0 Å². The Balaban J connectivity index is 1.52. The molecule has 182 valence electrons. The second-order valence-corrected chi connectivity index (χ2v) is 9.96. The third-order valence-corrected chi connectivity index (χ3v) is 7.41. The second kappa shape index (κ2) is 11.2. The maximum atomic E-state index is 13.4. The standard InChI is InChI=1S/C26H27N3O5S/c30-25(28-24-16-8-7-15-23(24)26(31)27-18-21-12-9-17-34-21)19-29(20-10-3-1-4-11-20)35(32,33)22-13-5-2-6-14-22/h1-8,10-11,13-16,21H,9,12,17-19H2,(H,27,31)(H,28,30)/t21-/m0/s1. The number of sulfonamides is 1. The van der Waals surface area contributed by atoms with Crippen molar-refractivity contribution < 1.29 is 22.7 Å². The Bertz CT molecular complexity index is 1260. The first kappa shape index (κ1) is 24.4. The Hall–Kier alpha value is -3.69. The molecule has 1 aliphatic rings. The van der Waals surface area contributed by atoms with Gasteiger partial charge in [-0.05, 0) is 49.2 Å². The van der Waals surface area contributed by atoms with Crippen LogP contribution >= 0.6 is 0 Å². The summed E-state index contributed by atoms with van der Waals surface area (Å²) in [4.78, 5) is 25.9. The zero-order valence-corrected chi connectivity index (χ0v) is 19.9. The van der Waals surface area contributed by atoms with Gasteiger partial charge in [0.15, 0.2) is 0 Å². The van der Waals surface area contributed by atoms with Crippen LogP contribution in [-0.4, -0.2) is 46.0 Å². The highest BCUT2D eigenvalue weighted by atomic mass is 32.2. The van der Waals surface area contributed by atoms with Gasteiger partial charge in [0.2, 0.25) is 5.91 Å². The number of amides is 2. The number of nitrogens with zero attached hydrogens (tertiary/aromatic N) is 1. The molecule has 0 aromatic heterocycles. The van der Waals surface area contributed by atoms with Crippen molar-refractivity contribution >= 4 is 33.2 Å². The molecule has 0 radical (unpaired) electrons. The Labute approximate surface area is 205 Å². The topological polar surface area (TPSA) is 105 Å². The van der Waals surface area contributed by atoms with Gasteiger partial charge in [-0.25, -0.2) is 8.42 Å². The molecule has 0 bridgehead atoms. The first-order valence-corrected chi connectivity index (χ1v) is 12.8. The number of hydrogen-bond donors (Lipinski definition) is 2. The summed E-state index contributed by atoms with van der Waals surface area (Å²) in [5, 5.41) is 5.55. The van der Waals surface area contributed by atoms with Gasteiger partial charge in [0.25, 0.3) is 15.9 Å². The van der Waals surface area contributed by atoms with Gasteiger partial charge < -0.3 is 15.4 Å². The summed E-state index contributed by atoms with van der Waals surface area (Å²) in [6.07, 6.45) is 1.85. The fraction of sp³-hybridized carbons (Fsp3) is 0.231. The summed E-state index contributed by atoms with van der Waals surface area (Å²) in [5.74, 6) is -0.916. The molecule has 0 unspecified atom stereocenters. The molecule has 1 saturated heterocycles. The van der Waals surface area contributed by atoms with Crippen LogP contribution in [0, 0.1) is 0 Å². The monoisotopic (exact) mass is 493 g/mol. The average molecular weight is 494 g/mol. The van der Waals surface area contributed by atoms with Crippen molar-refractivity contribution in [3.05, 3.63) is 90.5 Å². The van der Waals surface area contributed by atoms with Crippen LogP contribution in [0.25, 0.3) is 0 Å². The van der Waals surface area contributed by atoms with Crippen LogP contribution in [0.15, 0.2) is 89.8 Å². The van der Waals surface area contributed by atoms with E-state index >= 15 is 0 Å². The maximum Gasteiger partial charge on any atom is 0.264 e. The van der Waals surface area contributed by atoms with Gasteiger partial charge in [0.05, 0.1) is 27.9 Å². The van der Waals surface area contributed by atoms with Crippen LogP contribution in [0.5, 0.6) is 0 Å². The average Bonchev–Trinajstić information content (AvgIpc) is 3.41. The van der Waals surface area contributed by atoms with Gasteiger partial charge in [-0.2, -0.15) is 0 Å². The van der Waals surface area contributed by atoms with Crippen molar-refractivity contribution in [3.63, 3.8) is 0 Å². The number of anilines is 2. The summed E-state index contributed by atoms with van der Waals surface area (Å²) in [6, 6.07) is 23.0. The summed E-state index contributed by atoms with van der Waals surface area (Å²) in [7, 11) is -4.01. The molecule has 0 aliphatic carbocycles. The van der Waals surface area contributed by atoms with E-state index in [1.54, 1.807) is 72.8 Å². The first-order chi connectivity index (χ1) is 16.9. The highest BCUT2D eigenvalue weighted by Crippen LogP contribution is 2.24. The lowest BCUT2D eigenvalue weighted by Crippen LogP contribution is -2.38. The van der Waals surface area contributed by atoms with E-state index in [9.17, 15) is 18.0 Å². The summed E-state index contributed by atoms with van der Waals surface area (Å²) >= 11 is 0. The predicted molar refractivity (Wildman–Crippen MR) is 134 cm³/mol. The van der Waals surface area contributed by atoms with Crippen molar-refractivity contribution in [3.8, 4) is 0 Å². The van der Waals surface area contributed by atoms with Crippen molar-refractivity contribution in [2.24, 2.45) is 0 Å². The smallest absolute Gasteiger partial charge is 0.264 e. The van der Waals surface area contributed by atoms with Crippen molar-refractivity contribution in [2.75, 3.05) is 29.3 Å². The fourth-order valence-electron chi connectivity index (χ4n) is 3.85. The quantitative estimate of drug-likeness (QED) is 0.475. The zero-order chi connectivity index (χ0) is 24.7. The molecule has 1 fully saturated rings. The van der Waals surface area contributed by atoms with E-state index in [0.717, 1.165) is 17.1 Å². The zero-order valence-electron chi connectivity index (χ0n) is 19.1. The van der Waals surface area contributed by atoms with Crippen LogP contribution < -0.4 is 14.9 Å². The lowest BCUT2D eigenvalue weighted by Gasteiger charge is -2.24. The molecule has 1 aliphatic heterocycles. The van der Waals surface area contributed by atoms with E-state index in [4.69, 9.17) is 4.74 Å². The first-order valence-electron chi connectivity index (χ1n) is 11.4. The summed E-state index contributed by atoms with van der Waals surface area (Å²) < 4.78 is 33.3. The van der Waals surface area contributed by atoms with E-state index in [-0.39, 0.29) is 22.5 Å². The number of nitrogens with one attached hydrogen (secondary N) is 2.